The van der Waals surface area contributed by atoms with E-state index >= 15 is 0 Å². The van der Waals surface area contributed by atoms with Crippen LogP contribution in [0.3, 0.4) is 0 Å². The number of ether oxygens (including phenoxy) is 1. The third-order valence-electron chi connectivity index (χ3n) is 6.33. The van der Waals surface area contributed by atoms with Gasteiger partial charge in [-0.2, -0.15) is 0 Å². The number of hydrogen-bond acceptors (Lipinski definition) is 5. The number of aromatic nitrogens is 2. The molecule has 0 unspecified atom stereocenters. The third kappa shape index (κ3) is 3.77. The molecule has 1 aliphatic rings. The zero-order valence-electron chi connectivity index (χ0n) is 18.8. The van der Waals surface area contributed by atoms with E-state index in [1.807, 2.05) is 12.1 Å². The lowest BCUT2D eigenvalue weighted by Crippen LogP contribution is -2.39. The fourth-order valence-corrected chi connectivity index (χ4v) is 4.24. The van der Waals surface area contributed by atoms with E-state index in [1.165, 1.54) is 16.2 Å². The number of piperidine rings is 1. The predicted octanol–water partition coefficient (Wildman–Crippen LogP) is 2.73. The van der Waals surface area contributed by atoms with Gasteiger partial charge >= 0.3 is 11.1 Å². The molecule has 1 aliphatic heterocycles. The van der Waals surface area contributed by atoms with Crippen molar-refractivity contribution in [2.75, 3.05) is 30.4 Å². The van der Waals surface area contributed by atoms with Gasteiger partial charge in [0.05, 0.1) is 35.1 Å². The Bertz CT molecular complexity index is 1300. The highest BCUT2D eigenvalue weighted by molar-refractivity contribution is 6.08. The van der Waals surface area contributed by atoms with Crippen LogP contribution in [0.15, 0.2) is 46.0 Å². The van der Waals surface area contributed by atoms with Gasteiger partial charge < -0.3 is 24.1 Å². The van der Waals surface area contributed by atoms with Crippen molar-refractivity contribution in [3.8, 4) is 5.75 Å². The molecule has 0 atom stereocenters. The van der Waals surface area contributed by atoms with E-state index in [0.29, 0.717) is 34.0 Å². The zero-order valence-corrected chi connectivity index (χ0v) is 18.8. The summed E-state index contributed by atoms with van der Waals surface area (Å²) in [6.45, 7) is 3.94. The second-order valence-corrected chi connectivity index (χ2v) is 8.41. The molecule has 3 aromatic rings. The van der Waals surface area contributed by atoms with E-state index in [0.717, 1.165) is 31.6 Å². The number of rotatable bonds is 4. The van der Waals surface area contributed by atoms with Crippen LogP contribution in [-0.4, -0.2) is 35.2 Å². The Morgan fingerprint density at radius 1 is 1.00 bits per heavy atom. The molecule has 0 radical (unpaired) electrons. The van der Waals surface area contributed by atoms with Crippen LogP contribution >= 0.6 is 0 Å². The van der Waals surface area contributed by atoms with Crippen LogP contribution in [0.4, 0.5) is 11.4 Å². The normalized spacial score (nSPS) is 14.6. The molecule has 8 heteroatoms. The van der Waals surface area contributed by atoms with Crippen molar-refractivity contribution in [1.29, 1.82) is 0 Å². The van der Waals surface area contributed by atoms with Gasteiger partial charge in [0.15, 0.2) is 0 Å². The molecule has 8 nitrogen and oxygen atoms in total. The summed E-state index contributed by atoms with van der Waals surface area (Å²) in [5.41, 5.74) is 1.87. The van der Waals surface area contributed by atoms with Gasteiger partial charge in [-0.05, 0) is 43.0 Å². The number of hydrogen-bond donors (Lipinski definition) is 1. The Labute approximate surface area is 186 Å². The number of benzene rings is 2. The van der Waals surface area contributed by atoms with E-state index in [-0.39, 0.29) is 5.91 Å². The number of nitrogens with zero attached hydrogens (tertiary/aromatic N) is 3. The van der Waals surface area contributed by atoms with Crippen LogP contribution in [0, 0.1) is 5.92 Å². The summed E-state index contributed by atoms with van der Waals surface area (Å²) in [6.07, 6.45) is 2.09. The lowest BCUT2D eigenvalue weighted by atomic mass is 9.98. The number of fused-ring (bicyclic) bond motifs is 1. The van der Waals surface area contributed by atoms with Gasteiger partial charge in [-0.25, -0.2) is 0 Å². The van der Waals surface area contributed by atoms with Gasteiger partial charge in [0.25, 0.3) is 5.91 Å². The molecule has 1 aromatic heterocycles. The molecular formula is C24H28N4O4. The Balaban J connectivity index is 1.87. The van der Waals surface area contributed by atoms with Crippen LogP contribution in [-0.2, 0) is 14.1 Å². The van der Waals surface area contributed by atoms with Crippen molar-refractivity contribution in [1.82, 2.24) is 9.13 Å². The maximum atomic E-state index is 13.2. The molecule has 0 saturated carbocycles. The number of amides is 1. The Morgan fingerprint density at radius 2 is 1.59 bits per heavy atom. The van der Waals surface area contributed by atoms with Gasteiger partial charge in [0, 0.05) is 27.2 Å². The van der Waals surface area contributed by atoms with Crippen molar-refractivity contribution >= 4 is 28.3 Å². The lowest BCUT2D eigenvalue weighted by molar-refractivity contribution is 0.102. The minimum absolute atomic E-state index is 0.303. The number of carbonyl (C=O) groups excluding carboxylic acids is 1. The summed E-state index contributed by atoms with van der Waals surface area (Å²) in [6, 6.07) is 10.7. The topological polar surface area (TPSA) is 85.6 Å². The Hall–Kier alpha value is -3.55. The largest absolute Gasteiger partial charge is 0.496 e. The van der Waals surface area contributed by atoms with Gasteiger partial charge in [-0.15, -0.1) is 0 Å². The second kappa shape index (κ2) is 8.53. The van der Waals surface area contributed by atoms with E-state index in [1.54, 1.807) is 38.4 Å². The van der Waals surface area contributed by atoms with E-state index < -0.39 is 11.1 Å². The summed E-state index contributed by atoms with van der Waals surface area (Å²) in [7, 11) is 4.69. The monoisotopic (exact) mass is 436 g/mol. The van der Waals surface area contributed by atoms with Crippen LogP contribution in [0.25, 0.3) is 11.0 Å². The molecule has 1 amide bonds. The smallest absolute Gasteiger partial charge is 0.316 e. The highest BCUT2D eigenvalue weighted by Crippen LogP contribution is 2.34. The summed E-state index contributed by atoms with van der Waals surface area (Å²) >= 11 is 0. The molecule has 168 valence electrons. The fraction of sp³-hybridized carbons (Fsp3) is 0.375. The first-order valence-corrected chi connectivity index (χ1v) is 10.7. The second-order valence-electron chi connectivity index (χ2n) is 8.41. The first kappa shape index (κ1) is 21.7. The number of para-hydroxylation sites is 1. The molecule has 0 aliphatic carbocycles. The first-order valence-electron chi connectivity index (χ1n) is 10.7. The van der Waals surface area contributed by atoms with Crippen molar-refractivity contribution in [3.63, 3.8) is 0 Å². The summed E-state index contributed by atoms with van der Waals surface area (Å²) in [5, 5.41) is 3.02. The zero-order chi connectivity index (χ0) is 23.0. The quantitative estimate of drug-likeness (QED) is 0.636. The summed E-state index contributed by atoms with van der Waals surface area (Å²) < 4.78 is 8.05. The van der Waals surface area contributed by atoms with Gasteiger partial charge in [0.1, 0.15) is 5.75 Å². The number of aryl methyl sites for hydroxylation is 2. The van der Waals surface area contributed by atoms with Crippen molar-refractivity contribution in [3.05, 3.63) is 62.7 Å². The highest BCUT2D eigenvalue weighted by atomic mass is 16.5. The maximum absolute atomic E-state index is 13.2. The van der Waals surface area contributed by atoms with Gasteiger partial charge in [0.2, 0.25) is 0 Å². The van der Waals surface area contributed by atoms with E-state index in [2.05, 4.69) is 17.1 Å². The molecule has 0 bridgehead atoms. The SMILES string of the molecule is COc1ccccc1C(=O)Nc1cc2c(cc1N1CCC(C)CC1)n(C)c(=O)c(=O)n2C. The number of methoxy groups -OCH3 is 1. The summed E-state index contributed by atoms with van der Waals surface area (Å²) in [5.74, 6) is 0.820. The number of carbonyl (C=O) groups is 1. The predicted molar refractivity (Wildman–Crippen MR) is 126 cm³/mol. The minimum atomic E-state index is -0.610. The molecule has 2 aromatic carbocycles. The molecule has 1 saturated heterocycles. The van der Waals surface area contributed by atoms with Crippen molar-refractivity contribution in [2.45, 2.75) is 19.8 Å². The van der Waals surface area contributed by atoms with Gasteiger partial charge in [-0.1, -0.05) is 19.1 Å². The van der Waals surface area contributed by atoms with Crippen molar-refractivity contribution < 1.29 is 9.53 Å². The molecular weight excluding hydrogens is 408 g/mol. The molecule has 32 heavy (non-hydrogen) atoms. The molecule has 2 heterocycles. The Kier molecular flexibility index (Phi) is 5.78. The molecule has 4 rings (SSSR count). The van der Waals surface area contributed by atoms with Crippen LogP contribution in [0.1, 0.15) is 30.1 Å². The van der Waals surface area contributed by atoms with E-state index in [4.69, 9.17) is 4.74 Å². The average Bonchev–Trinajstić information content (AvgIpc) is 2.81. The van der Waals surface area contributed by atoms with Gasteiger partial charge in [-0.3, -0.25) is 14.4 Å². The molecule has 0 spiro atoms. The van der Waals surface area contributed by atoms with Crippen LogP contribution in [0.5, 0.6) is 5.75 Å². The Morgan fingerprint density at radius 3 is 2.22 bits per heavy atom. The number of nitrogens with one attached hydrogen (secondary N) is 1. The van der Waals surface area contributed by atoms with E-state index in [9.17, 15) is 14.4 Å². The molecule has 1 fully saturated rings. The fourth-order valence-electron chi connectivity index (χ4n) is 4.24. The number of anilines is 2. The van der Waals surface area contributed by atoms with Crippen LogP contribution in [0.2, 0.25) is 0 Å². The standard InChI is InChI=1S/C24H28N4O4/c1-15-9-11-28(12-10-15)18-14-20-19(26(2)23(30)24(31)27(20)3)13-17(18)25-22(29)16-7-5-6-8-21(16)32-4/h5-8,13-15H,9-12H2,1-4H3,(H,25,29). The lowest BCUT2D eigenvalue weighted by Gasteiger charge is -2.34. The third-order valence-corrected chi connectivity index (χ3v) is 6.33. The highest BCUT2D eigenvalue weighted by Gasteiger charge is 2.22. The first-order chi connectivity index (χ1) is 15.3. The van der Waals surface area contributed by atoms with Crippen molar-refractivity contribution in [2.24, 2.45) is 20.0 Å². The summed E-state index contributed by atoms with van der Waals surface area (Å²) in [4.78, 5) is 40.1. The molecule has 1 N–H and O–H groups in total. The average molecular weight is 437 g/mol. The maximum Gasteiger partial charge on any atom is 0.316 e. The van der Waals surface area contributed by atoms with Crippen LogP contribution < -0.4 is 26.1 Å². The minimum Gasteiger partial charge on any atom is -0.496 e.